The highest BCUT2D eigenvalue weighted by molar-refractivity contribution is 5.27. The number of benzene rings is 1. The van der Waals surface area contributed by atoms with E-state index in [2.05, 4.69) is 11.9 Å². The molecule has 112 valence electrons. The van der Waals surface area contributed by atoms with E-state index in [1.165, 1.54) is 12.8 Å². The summed E-state index contributed by atoms with van der Waals surface area (Å²) in [5, 5.41) is 10.2. The predicted octanol–water partition coefficient (Wildman–Crippen LogP) is 2.78. The van der Waals surface area contributed by atoms with Crippen LogP contribution < -0.4 is 0 Å². The molecule has 0 aromatic heterocycles. The Hall–Kier alpha value is -0.900. The average molecular weight is 277 g/mol. The first-order valence-corrected chi connectivity index (χ1v) is 7.66. The zero-order valence-electron chi connectivity index (χ0n) is 12.7. The number of hydrogen-bond acceptors (Lipinski definition) is 3. The molecule has 1 unspecified atom stereocenters. The van der Waals surface area contributed by atoms with Gasteiger partial charge in [-0.2, -0.15) is 0 Å². The highest BCUT2D eigenvalue weighted by atomic mass is 16.5. The van der Waals surface area contributed by atoms with Gasteiger partial charge in [-0.3, -0.25) is 0 Å². The van der Waals surface area contributed by atoms with Crippen LogP contribution in [0.4, 0.5) is 0 Å². The molecule has 1 aromatic rings. The second-order valence-corrected chi connectivity index (χ2v) is 5.98. The van der Waals surface area contributed by atoms with Crippen molar-refractivity contribution in [2.45, 2.75) is 32.3 Å². The molecule has 1 saturated carbocycles. The molecular formula is C17H27NO2. The fraction of sp³-hybridized carbons (Fsp3) is 0.647. The van der Waals surface area contributed by atoms with Gasteiger partial charge in [0.1, 0.15) is 0 Å². The summed E-state index contributed by atoms with van der Waals surface area (Å²) in [7, 11) is 2.09. The van der Waals surface area contributed by atoms with E-state index in [-0.39, 0.29) is 6.10 Å². The summed E-state index contributed by atoms with van der Waals surface area (Å²) in [4.78, 5) is 2.23. The summed E-state index contributed by atoms with van der Waals surface area (Å²) >= 11 is 0. The van der Waals surface area contributed by atoms with E-state index in [0.717, 1.165) is 49.8 Å². The lowest BCUT2D eigenvalue weighted by Gasteiger charge is -2.20. The van der Waals surface area contributed by atoms with Crippen LogP contribution in [0.1, 0.15) is 36.5 Å². The van der Waals surface area contributed by atoms with Gasteiger partial charge in [0, 0.05) is 19.7 Å². The molecule has 2 rings (SSSR count). The van der Waals surface area contributed by atoms with E-state index >= 15 is 0 Å². The van der Waals surface area contributed by atoms with Crippen molar-refractivity contribution < 1.29 is 9.84 Å². The minimum Gasteiger partial charge on any atom is -0.388 e. The van der Waals surface area contributed by atoms with Gasteiger partial charge in [-0.1, -0.05) is 24.3 Å². The monoisotopic (exact) mass is 277 g/mol. The quantitative estimate of drug-likeness (QED) is 0.705. The molecule has 0 amide bonds. The number of hydrogen-bond donors (Lipinski definition) is 1. The van der Waals surface area contributed by atoms with Crippen molar-refractivity contribution in [3.63, 3.8) is 0 Å². The van der Waals surface area contributed by atoms with E-state index in [9.17, 15) is 5.11 Å². The molecule has 0 saturated heterocycles. The topological polar surface area (TPSA) is 32.7 Å². The van der Waals surface area contributed by atoms with E-state index in [0.29, 0.717) is 0 Å². The minimum absolute atomic E-state index is 0.369. The van der Waals surface area contributed by atoms with Crippen LogP contribution in [0.3, 0.4) is 0 Å². The summed E-state index contributed by atoms with van der Waals surface area (Å²) in [6, 6.07) is 8.06. The van der Waals surface area contributed by atoms with Crippen molar-refractivity contribution in [3.05, 3.63) is 35.4 Å². The summed E-state index contributed by atoms with van der Waals surface area (Å²) in [5.74, 6) is 0.836. The van der Waals surface area contributed by atoms with Gasteiger partial charge in [-0.15, -0.1) is 0 Å². The Morgan fingerprint density at radius 2 is 2.05 bits per heavy atom. The first-order chi connectivity index (χ1) is 9.66. The standard InChI is InChI=1S/C17H27NO2/c1-14-5-3-4-6-16(14)17(19)9-10-18(2)11-12-20-13-15-7-8-15/h3-6,15,17,19H,7-13H2,1-2H3. The Bertz CT molecular complexity index is 404. The lowest BCUT2D eigenvalue weighted by Crippen LogP contribution is -2.26. The van der Waals surface area contributed by atoms with Gasteiger partial charge in [0.2, 0.25) is 0 Å². The maximum Gasteiger partial charge on any atom is 0.0804 e. The Kier molecular flexibility index (Phi) is 6.02. The second kappa shape index (κ2) is 7.77. The van der Waals surface area contributed by atoms with Gasteiger partial charge in [0.25, 0.3) is 0 Å². The molecule has 1 atom stereocenters. The van der Waals surface area contributed by atoms with Crippen LogP contribution in [-0.4, -0.2) is 43.4 Å². The summed E-state index contributed by atoms with van der Waals surface area (Å²) < 4.78 is 5.63. The molecule has 0 heterocycles. The molecule has 1 aromatic carbocycles. The van der Waals surface area contributed by atoms with Crippen LogP contribution >= 0.6 is 0 Å². The second-order valence-electron chi connectivity index (χ2n) is 5.98. The van der Waals surface area contributed by atoms with E-state index in [1.807, 2.05) is 31.2 Å². The van der Waals surface area contributed by atoms with Crippen LogP contribution in [0.15, 0.2) is 24.3 Å². The van der Waals surface area contributed by atoms with Crippen LogP contribution in [0.5, 0.6) is 0 Å². The van der Waals surface area contributed by atoms with Gasteiger partial charge >= 0.3 is 0 Å². The number of rotatable bonds is 9. The van der Waals surface area contributed by atoms with Gasteiger partial charge in [-0.05, 0) is 50.3 Å². The molecule has 20 heavy (non-hydrogen) atoms. The zero-order valence-corrected chi connectivity index (χ0v) is 12.7. The molecule has 1 N–H and O–H groups in total. The van der Waals surface area contributed by atoms with Crippen LogP contribution in [-0.2, 0) is 4.74 Å². The van der Waals surface area contributed by atoms with Gasteiger partial charge in [-0.25, -0.2) is 0 Å². The van der Waals surface area contributed by atoms with Crippen LogP contribution in [0, 0.1) is 12.8 Å². The highest BCUT2D eigenvalue weighted by Gasteiger charge is 2.21. The fourth-order valence-corrected chi connectivity index (χ4v) is 2.33. The molecule has 1 aliphatic carbocycles. The lowest BCUT2D eigenvalue weighted by atomic mass is 10.0. The third-order valence-corrected chi connectivity index (χ3v) is 4.00. The van der Waals surface area contributed by atoms with Gasteiger partial charge in [0.05, 0.1) is 12.7 Å². The van der Waals surface area contributed by atoms with Crippen LogP contribution in [0.2, 0.25) is 0 Å². The van der Waals surface area contributed by atoms with Gasteiger partial charge in [0.15, 0.2) is 0 Å². The molecule has 0 aliphatic heterocycles. The Morgan fingerprint density at radius 1 is 1.30 bits per heavy atom. The first-order valence-electron chi connectivity index (χ1n) is 7.66. The molecule has 1 aliphatic rings. The van der Waals surface area contributed by atoms with Crippen LogP contribution in [0.25, 0.3) is 0 Å². The predicted molar refractivity (Wildman–Crippen MR) is 81.8 cm³/mol. The van der Waals surface area contributed by atoms with E-state index in [1.54, 1.807) is 0 Å². The molecule has 0 bridgehead atoms. The molecule has 3 nitrogen and oxygen atoms in total. The number of aryl methyl sites for hydroxylation is 1. The Balaban J connectivity index is 1.61. The fourth-order valence-electron chi connectivity index (χ4n) is 2.33. The average Bonchev–Trinajstić information content (AvgIpc) is 3.25. The molecular weight excluding hydrogens is 250 g/mol. The molecule has 0 radical (unpaired) electrons. The molecule has 3 heteroatoms. The van der Waals surface area contributed by atoms with Crippen molar-refractivity contribution >= 4 is 0 Å². The third kappa shape index (κ3) is 5.23. The van der Waals surface area contributed by atoms with Gasteiger partial charge < -0.3 is 14.7 Å². The summed E-state index contributed by atoms with van der Waals surface area (Å²) in [5.41, 5.74) is 2.21. The zero-order chi connectivity index (χ0) is 14.4. The summed E-state index contributed by atoms with van der Waals surface area (Å²) in [6.07, 6.45) is 3.09. The minimum atomic E-state index is -0.369. The number of aliphatic hydroxyl groups excluding tert-OH is 1. The van der Waals surface area contributed by atoms with E-state index in [4.69, 9.17) is 4.74 Å². The Morgan fingerprint density at radius 3 is 2.75 bits per heavy atom. The first kappa shape index (κ1) is 15.5. The maximum absolute atomic E-state index is 10.2. The number of ether oxygens (including phenoxy) is 1. The number of likely N-dealkylation sites (N-methyl/N-ethyl adjacent to an activating group) is 1. The van der Waals surface area contributed by atoms with E-state index < -0.39 is 0 Å². The van der Waals surface area contributed by atoms with Crippen molar-refractivity contribution in [2.75, 3.05) is 33.4 Å². The van der Waals surface area contributed by atoms with Crippen molar-refractivity contribution in [1.82, 2.24) is 4.90 Å². The maximum atomic E-state index is 10.2. The molecule has 0 spiro atoms. The highest BCUT2D eigenvalue weighted by Crippen LogP contribution is 2.28. The number of aliphatic hydroxyl groups is 1. The normalized spacial score (nSPS) is 16.6. The SMILES string of the molecule is Cc1ccccc1C(O)CCN(C)CCOCC1CC1. The summed E-state index contributed by atoms with van der Waals surface area (Å²) in [6.45, 7) is 5.61. The van der Waals surface area contributed by atoms with Crippen molar-refractivity contribution in [1.29, 1.82) is 0 Å². The third-order valence-electron chi connectivity index (χ3n) is 4.00. The van der Waals surface area contributed by atoms with Crippen molar-refractivity contribution in [2.24, 2.45) is 5.92 Å². The lowest BCUT2D eigenvalue weighted by molar-refractivity contribution is 0.0947. The molecule has 1 fully saturated rings. The largest absolute Gasteiger partial charge is 0.388 e. The smallest absolute Gasteiger partial charge is 0.0804 e. The number of nitrogens with zero attached hydrogens (tertiary/aromatic N) is 1. The van der Waals surface area contributed by atoms with Crippen molar-refractivity contribution in [3.8, 4) is 0 Å². The Labute approximate surface area is 122 Å².